The number of nitrogens with zero attached hydrogens (tertiary/aromatic N) is 1. The van der Waals surface area contributed by atoms with Crippen molar-refractivity contribution in [3.63, 3.8) is 0 Å². The molecule has 1 aliphatic heterocycles. The van der Waals surface area contributed by atoms with Crippen LogP contribution in [0, 0.1) is 0 Å². The van der Waals surface area contributed by atoms with Gasteiger partial charge in [-0.15, -0.1) is 11.8 Å². The van der Waals surface area contributed by atoms with Crippen molar-refractivity contribution in [3.05, 3.63) is 65.2 Å². The van der Waals surface area contributed by atoms with Crippen LogP contribution in [0.4, 0.5) is 0 Å². The van der Waals surface area contributed by atoms with E-state index in [0.29, 0.717) is 18.7 Å². The largest absolute Gasteiger partial charge is 0.452 e. The summed E-state index contributed by atoms with van der Waals surface area (Å²) in [5.74, 6) is -0.606. The maximum absolute atomic E-state index is 12.3. The van der Waals surface area contributed by atoms with Gasteiger partial charge in [-0.1, -0.05) is 36.4 Å². The molecule has 2 aromatic carbocycles. The molecule has 0 spiro atoms. The van der Waals surface area contributed by atoms with E-state index in [2.05, 4.69) is 6.07 Å². The second kappa shape index (κ2) is 7.53. The maximum Gasteiger partial charge on any atom is 0.339 e. The summed E-state index contributed by atoms with van der Waals surface area (Å²) in [6.45, 7) is 1.02. The standard InChI is InChI=1S/C19H19NO3S/c1-24-17-9-5-4-8-16(17)19(22)23-13-18(21)20-11-10-14-6-2-3-7-15(14)12-20/h2-9H,10-13H2,1H3. The summed E-state index contributed by atoms with van der Waals surface area (Å²) < 4.78 is 5.23. The van der Waals surface area contributed by atoms with Crippen LogP contribution in [-0.2, 0) is 22.5 Å². The third kappa shape index (κ3) is 3.62. The molecule has 0 saturated carbocycles. The van der Waals surface area contributed by atoms with Crippen molar-refractivity contribution in [1.82, 2.24) is 4.90 Å². The second-order valence-corrected chi connectivity index (χ2v) is 6.46. The summed E-state index contributed by atoms with van der Waals surface area (Å²) in [6, 6.07) is 15.4. The summed E-state index contributed by atoms with van der Waals surface area (Å²) in [7, 11) is 0. The summed E-state index contributed by atoms with van der Waals surface area (Å²) in [4.78, 5) is 27.1. The fraction of sp³-hybridized carbons (Fsp3) is 0.263. The molecule has 5 heteroatoms. The van der Waals surface area contributed by atoms with Gasteiger partial charge < -0.3 is 9.64 Å². The number of thioether (sulfide) groups is 1. The Labute approximate surface area is 145 Å². The van der Waals surface area contributed by atoms with Gasteiger partial charge >= 0.3 is 5.97 Å². The highest BCUT2D eigenvalue weighted by molar-refractivity contribution is 7.98. The first-order valence-electron chi connectivity index (χ1n) is 7.83. The van der Waals surface area contributed by atoms with Crippen LogP contribution in [0.15, 0.2) is 53.4 Å². The zero-order valence-electron chi connectivity index (χ0n) is 13.5. The Morgan fingerprint density at radius 1 is 1.08 bits per heavy atom. The minimum atomic E-state index is -0.453. The van der Waals surface area contributed by atoms with Crippen LogP contribution < -0.4 is 0 Å². The lowest BCUT2D eigenvalue weighted by molar-refractivity contribution is -0.135. The van der Waals surface area contributed by atoms with Crippen LogP contribution >= 0.6 is 11.8 Å². The SMILES string of the molecule is CSc1ccccc1C(=O)OCC(=O)N1CCc2ccccc2C1. The van der Waals surface area contributed by atoms with Crippen LogP contribution in [-0.4, -0.2) is 36.2 Å². The van der Waals surface area contributed by atoms with Gasteiger partial charge in [0.1, 0.15) is 0 Å². The van der Waals surface area contributed by atoms with Gasteiger partial charge in [-0.3, -0.25) is 4.79 Å². The molecular weight excluding hydrogens is 322 g/mol. The first-order chi connectivity index (χ1) is 11.7. The molecule has 24 heavy (non-hydrogen) atoms. The zero-order valence-corrected chi connectivity index (χ0v) is 14.3. The van der Waals surface area contributed by atoms with Gasteiger partial charge in [-0.25, -0.2) is 4.79 Å². The molecule has 124 valence electrons. The lowest BCUT2D eigenvalue weighted by Crippen LogP contribution is -2.38. The predicted octanol–water partition coefficient (Wildman–Crippen LogP) is 3.15. The number of fused-ring (bicyclic) bond motifs is 1. The number of hydrogen-bond donors (Lipinski definition) is 0. The number of benzene rings is 2. The lowest BCUT2D eigenvalue weighted by Gasteiger charge is -2.28. The molecule has 3 rings (SSSR count). The summed E-state index contributed by atoms with van der Waals surface area (Å²) in [6.07, 6.45) is 2.74. The van der Waals surface area contributed by atoms with Crippen molar-refractivity contribution < 1.29 is 14.3 Å². The van der Waals surface area contributed by atoms with Crippen molar-refractivity contribution in [2.24, 2.45) is 0 Å². The molecule has 0 aromatic heterocycles. The summed E-state index contributed by atoms with van der Waals surface area (Å²) in [5, 5.41) is 0. The Morgan fingerprint density at radius 2 is 1.79 bits per heavy atom. The zero-order chi connectivity index (χ0) is 16.9. The molecule has 0 unspecified atom stereocenters. The van der Waals surface area contributed by atoms with Gasteiger partial charge in [-0.05, 0) is 35.9 Å². The number of carbonyl (C=O) groups is 2. The van der Waals surface area contributed by atoms with Crippen molar-refractivity contribution >= 4 is 23.6 Å². The van der Waals surface area contributed by atoms with Crippen LogP contribution in [0.3, 0.4) is 0 Å². The normalized spacial score (nSPS) is 13.3. The number of hydrogen-bond acceptors (Lipinski definition) is 4. The topological polar surface area (TPSA) is 46.6 Å². The molecule has 0 N–H and O–H groups in total. The maximum atomic E-state index is 12.3. The van der Waals surface area contributed by atoms with E-state index in [-0.39, 0.29) is 12.5 Å². The summed E-state index contributed by atoms with van der Waals surface area (Å²) in [5.41, 5.74) is 2.95. The van der Waals surface area contributed by atoms with Crippen LogP contribution in [0.2, 0.25) is 0 Å². The average Bonchev–Trinajstić information content (AvgIpc) is 2.65. The molecule has 1 aliphatic rings. The number of ether oxygens (including phenoxy) is 1. The van der Waals surface area contributed by atoms with Gasteiger partial charge in [0.25, 0.3) is 5.91 Å². The Balaban J connectivity index is 1.59. The molecule has 0 bridgehead atoms. The number of amides is 1. The molecule has 0 atom stereocenters. The first-order valence-corrected chi connectivity index (χ1v) is 9.06. The van der Waals surface area contributed by atoms with E-state index in [1.807, 2.05) is 36.6 Å². The van der Waals surface area contributed by atoms with E-state index in [9.17, 15) is 9.59 Å². The van der Waals surface area contributed by atoms with E-state index in [0.717, 1.165) is 16.9 Å². The van der Waals surface area contributed by atoms with Crippen molar-refractivity contribution in [2.75, 3.05) is 19.4 Å². The predicted molar refractivity (Wildman–Crippen MR) is 94.1 cm³/mol. The summed E-state index contributed by atoms with van der Waals surface area (Å²) >= 11 is 1.48. The minimum absolute atomic E-state index is 0.153. The van der Waals surface area contributed by atoms with Gasteiger partial charge in [0, 0.05) is 18.0 Å². The van der Waals surface area contributed by atoms with Gasteiger partial charge in [-0.2, -0.15) is 0 Å². The van der Waals surface area contributed by atoms with E-state index in [1.165, 1.54) is 17.3 Å². The molecule has 0 saturated heterocycles. The third-order valence-corrected chi connectivity index (χ3v) is 4.93. The van der Waals surface area contributed by atoms with Crippen LogP contribution in [0.1, 0.15) is 21.5 Å². The van der Waals surface area contributed by atoms with Crippen LogP contribution in [0.5, 0.6) is 0 Å². The number of rotatable bonds is 4. The molecule has 2 aromatic rings. The third-order valence-electron chi connectivity index (χ3n) is 4.14. The van der Waals surface area contributed by atoms with Crippen molar-refractivity contribution in [1.29, 1.82) is 0 Å². The molecule has 4 nitrogen and oxygen atoms in total. The van der Waals surface area contributed by atoms with Gasteiger partial charge in [0.2, 0.25) is 0 Å². The highest BCUT2D eigenvalue weighted by Crippen LogP contribution is 2.21. The molecule has 1 amide bonds. The van der Waals surface area contributed by atoms with Crippen LogP contribution in [0.25, 0.3) is 0 Å². The fourth-order valence-electron chi connectivity index (χ4n) is 2.82. The number of esters is 1. The highest BCUT2D eigenvalue weighted by Gasteiger charge is 2.22. The first kappa shape index (κ1) is 16.6. The smallest absolute Gasteiger partial charge is 0.339 e. The van der Waals surface area contributed by atoms with E-state index in [4.69, 9.17) is 4.74 Å². The van der Waals surface area contributed by atoms with E-state index >= 15 is 0 Å². The van der Waals surface area contributed by atoms with E-state index in [1.54, 1.807) is 17.0 Å². The Hall–Kier alpha value is -2.27. The molecular formula is C19H19NO3S. The van der Waals surface area contributed by atoms with Gasteiger partial charge in [0.05, 0.1) is 5.56 Å². The van der Waals surface area contributed by atoms with Crippen molar-refractivity contribution in [2.45, 2.75) is 17.9 Å². The molecule has 1 heterocycles. The van der Waals surface area contributed by atoms with E-state index < -0.39 is 5.97 Å². The van der Waals surface area contributed by atoms with Crippen molar-refractivity contribution in [3.8, 4) is 0 Å². The molecule has 0 aliphatic carbocycles. The minimum Gasteiger partial charge on any atom is -0.452 e. The number of carbonyl (C=O) groups excluding carboxylic acids is 2. The quantitative estimate of drug-likeness (QED) is 0.633. The Morgan fingerprint density at radius 3 is 2.58 bits per heavy atom. The fourth-order valence-corrected chi connectivity index (χ4v) is 3.40. The second-order valence-electron chi connectivity index (χ2n) is 5.61. The Kier molecular flexibility index (Phi) is 5.20. The lowest BCUT2D eigenvalue weighted by atomic mass is 10.00. The molecule has 0 radical (unpaired) electrons. The Bertz CT molecular complexity index is 760. The highest BCUT2D eigenvalue weighted by atomic mass is 32.2. The molecule has 0 fully saturated rings. The monoisotopic (exact) mass is 341 g/mol. The van der Waals surface area contributed by atoms with Gasteiger partial charge in [0.15, 0.2) is 6.61 Å². The average molecular weight is 341 g/mol.